The Hall–Kier alpha value is -0.940. The summed E-state index contributed by atoms with van der Waals surface area (Å²) in [6, 6.07) is -0.0746. The molecule has 2 unspecified atom stereocenters. The molecule has 3 nitrogen and oxygen atoms in total. The predicted octanol–water partition coefficient (Wildman–Crippen LogP) is 3.10. The normalized spacial score (nSPS) is 29.8. The molecule has 100 valence electrons. The van der Waals surface area contributed by atoms with Crippen LogP contribution in [0.4, 0.5) is 18.0 Å². The monoisotopic (exact) mass is 253 g/mol. The molecule has 1 saturated carbocycles. The average molecular weight is 253 g/mol. The Labute approximate surface area is 98.7 Å². The first kappa shape index (κ1) is 14.1. The van der Waals surface area contributed by atoms with Crippen molar-refractivity contribution in [3.05, 3.63) is 0 Å². The van der Waals surface area contributed by atoms with E-state index in [1.165, 1.54) is 0 Å². The maximum atomic E-state index is 11.8. The highest BCUT2D eigenvalue weighted by atomic mass is 19.4. The Morgan fingerprint density at radius 1 is 1.24 bits per heavy atom. The molecule has 0 aliphatic heterocycles. The largest absolute Gasteiger partial charge is 0.440 e. The zero-order valence-corrected chi connectivity index (χ0v) is 10.0. The number of alkyl halides is 3. The van der Waals surface area contributed by atoms with Crippen LogP contribution in [0.1, 0.15) is 33.1 Å². The molecule has 1 rings (SSSR count). The lowest BCUT2D eigenvalue weighted by Gasteiger charge is -2.31. The van der Waals surface area contributed by atoms with Crippen LogP contribution in [0.15, 0.2) is 0 Å². The van der Waals surface area contributed by atoms with Crippen molar-refractivity contribution in [1.82, 2.24) is 5.32 Å². The van der Waals surface area contributed by atoms with E-state index in [1.807, 2.05) is 0 Å². The number of carbonyl (C=O) groups is 1. The van der Waals surface area contributed by atoms with E-state index in [2.05, 4.69) is 23.9 Å². The van der Waals surface area contributed by atoms with Crippen LogP contribution >= 0.6 is 0 Å². The fourth-order valence-electron chi connectivity index (χ4n) is 2.42. The van der Waals surface area contributed by atoms with Crippen LogP contribution in [0.2, 0.25) is 0 Å². The number of ether oxygens (including phenoxy) is 1. The van der Waals surface area contributed by atoms with Crippen molar-refractivity contribution in [1.29, 1.82) is 0 Å². The minimum Gasteiger partial charge on any atom is -0.440 e. The first-order valence-electron chi connectivity index (χ1n) is 5.76. The Bertz CT molecular complexity index is 258. The smallest absolute Gasteiger partial charge is 0.422 e. The van der Waals surface area contributed by atoms with Crippen LogP contribution in [-0.4, -0.2) is 24.9 Å². The number of amides is 1. The third-order valence-electron chi connectivity index (χ3n) is 2.87. The summed E-state index contributed by atoms with van der Waals surface area (Å²) in [6.45, 7) is 2.62. The Kier molecular flexibility index (Phi) is 4.65. The molecule has 0 aromatic carbocycles. The van der Waals surface area contributed by atoms with Crippen molar-refractivity contribution < 1.29 is 22.7 Å². The van der Waals surface area contributed by atoms with Crippen molar-refractivity contribution in [2.45, 2.75) is 45.3 Å². The number of halogens is 3. The zero-order valence-electron chi connectivity index (χ0n) is 10.0. The van der Waals surface area contributed by atoms with Crippen molar-refractivity contribution in [2.24, 2.45) is 11.8 Å². The van der Waals surface area contributed by atoms with Gasteiger partial charge in [0.15, 0.2) is 6.61 Å². The lowest BCUT2D eigenvalue weighted by Crippen LogP contribution is -2.41. The molecule has 1 amide bonds. The summed E-state index contributed by atoms with van der Waals surface area (Å²) >= 11 is 0. The molecular weight excluding hydrogens is 235 g/mol. The van der Waals surface area contributed by atoms with Gasteiger partial charge < -0.3 is 10.1 Å². The number of alkyl carbamates (subject to hydrolysis) is 1. The van der Waals surface area contributed by atoms with Gasteiger partial charge in [-0.1, -0.05) is 13.8 Å². The van der Waals surface area contributed by atoms with Crippen molar-refractivity contribution in [2.75, 3.05) is 6.61 Å². The summed E-state index contributed by atoms with van der Waals surface area (Å²) in [6.07, 6.45) is -2.76. The van der Waals surface area contributed by atoms with Crippen LogP contribution in [0.25, 0.3) is 0 Å². The number of hydrogen-bond acceptors (Lipinski definition) is 2. The highest BCUT2D eigenvalue weighted by Crippen LogP contribution is 2.28. The number of hydrogen-bond donors (Lipinski definition) is 1. The molecular formula is C11H18F3NO2. The van der Waals surface area contributed by atoms with E-state index < -0.39 is 18.9 Å². The summed E-state index contributed by atoms with van der Waals surface area (Å²) in [5, 5.41) is 2.49. The van der Waals surface area contributed by atoms with Gasteiger partial charge in [-0.05, 0) is 31.1 Å². The van der Waals surface area contributed by atoms with Gasteiger partial charge in [0, 0.05) is 6.04 Å². The quantitative estimate of drug-likeness (QED) is 0.821. The first-order chi connectivity index (χ1) is 7.76. The minimum absolute atomic E-state index is 0.0746. The summed E-state index contributed by atoms with van der Waals surface area (Å²) in [5.74, 6) is 0.957. The molecule has 0 bridgehead atoms. The van der Waals surface area contributed by atoms with Gasteiger partial charge in [0.05, 0.1) is 0 Å². The predicted molar refractivity (Wildman–Crippen MR) is 56.5 cm³/mol. The lowest BCUT2D eigenvalue weighted by molar-refractivity contribution is -0.160. The summed E-state index contributed by atoms with van der Waals surface area (Å²) in [7, 11) is 0. The van der Waals surface area contributed by atoms with E-state index >= 15 is 0 Å². The second-order valence-corrected chi connectivity index (χ2v) is 4.95. The van der Waals surface area contributed by atoms with E-state index in [0.717, 1.165) is 19.3 Å². The number of nitrogens with one attached hydrogen (secondary N) is 1. The first-order valence-corrected chi connectivity index (χ1v) is 5.76. The Balaban J connectivity index is 2.30. The van der Waals surface area contributed by atoms with Gasteiger partial charge in [-0.25, -0.2) is 4.79 Å². The summed E-state index contributed by atoms with van der Waals surface area (Å²) in [4.78, 5) is 11.1. The van der Waals surface area contributed by atoms with E-state index in [1.54, 1.807) is 0 Å². The van der Waals surface area contributed by atoms with Crippen LogP contribution in [0.5, 0.6) is 0 Å². The minimum atomic E-state index is -4.47. The maximum absolute atomic E-state index is 11.8. The molecule has 0 spiro atoms. The topological polar surface area (TPSA) is 38.3 Å². The van der Waals surface area contributed by atoms with Crippen molar-refractivity contribution >= 4 is 6.09 Å². The second kappa shape index (κ2) is 5.60. The maximum Gasteiger partial charge on any atom is 0.422 e. The van der Waals surface area contributed by atoms with Crippen molar-refractivity contribution in [3.8, 4) is 0 Å². The third kappa shape index (κ3) is 5.79. The fraction of sp³-hybridized carbons (Fsp3) is 0.909. The third-order valence-corrected chi connectivity index (χ3v) is 2.87. The standard InChI is InChI=1S/C11H18F3NO2/c1-7-3-8(2)5-9(4-7)15-10(16)17-6-11(12,13)14/h7-9H,3-6H2,1-2H3,(H,15,16). The van der Waals surface area contributed by atoms with E-state index in [9.17, 15) is 18.0 Å². The molecule has 0 aromatic heterocycles. The van der Waals surface area contributed by atoms with Crippen molar-refractivity contribution in [3.63, 3.8) is 0 Å². The molecule has 1 N–H and O–H groups in total. The van der Waals surface area contributed by atoms with E-state index in [4.69, 9.17) is 0 Å². The molecule has 2 atom stereocenters. The van der Waals surface area contributed by atoms with E-state index in [0.29, 0.717) is 11.8 Å². The SMILES string of the molecule is CC1CC(C)CC(NC(=O)OCC(F)(F)F)C1. The van der Waals surface area contributed by atoms with Gasteiger partial charge in [0.1, 0.15) is 0 Å². The molecule has 0 aromatic rings. The van der Waals surface area contributed by atoms with Crippen LogP contribution in [0.3, 0.4) is 0 Å². The molecule has 17 heavy (non-hydrogen) atoms. The van der Waals surface area contributed by atoms with Gasteiger partial charge in [0.25, 0.3) is 0 Å². The molecule has 6 heteroatoms. The molecule has 0 heterocycles. The van der Waals surface area contributed by atoms with Gasteiger partial charge in [-0.3, -0.25) is 0 Å². The molecule has 1 aliphatic rings. The highest BCUT2D eigenvalue weighted by Gasteiger charge is 2.31. The average Bonchev–Trinajstić information content (AvgIpc) is 2.11. The molecule has 1 aliphatic carbocycles. The van der Waals surface area contributed by atoms with Crippen LogP contribution in [0, 0.1) is 11.8 Å². The molecule has 0 radical (unpaired) electrons. The second-order valence-electron chi connectivity index (χ2n) is 4.95. The fourth-order valence-corrected chi connectivity index (χ4v) is 2.42. The van der Waals surface area contributed by atoms with Crippen LogP contribution in [-0.2, 0) is 4.74 Å². The Morgan fingerprint density at radius 3 is 2.24 bits per heavy atom. The van der Waals surface area contributed by atoms with Gasteiger partial charge in [0.2, 0.25) is 0 Å². The highest BCUT2D eigenvalue weighted by molar-refractivity contribution is 5.67. The van der Waals surface area contributed by atoms with Crippen LogP contribution < -0.4 is 5.32 Å². The zero-order chi connectivity index (χ0) is 13.1. The molecule has 1 fully saturated rings. The van der Waals surface area contributed by atoms with Gasteiger partial charge in [-0.15, -0.1) is 0 Å². The number of carbonyl (C=O) groups excluding carboxylic acids is 1. The summed E-state index contributed by atoms with van der Waals surface area (Å²) < 4.78 is 39.5. The summed E-state index contributed by atoms with van der Waals surface area (Å²) in [5.41, 5.74) is 0. The van der Waals surface area contributed by atoms with Gasteiger partial charge >= 0.3 is 12.3 Å². The number of rotatable bonds is 2. The lowest BCUT2D eigenvalue weighted by atomic mass is 9.80. The van der Waals surface area contributed by atoms with E-state index in [-0.39, 0.29) is 6.04 Å². The Morgan fingerprint density at radius 2 is 1.76 bits per heavy atom. The van der Waals surface area contributed by atoms with Gasteiger partial charge in [-0.2, -0.15) is 13.2 Å². The molecule has 0 saturated heterocycles.